The fourth-order valence-corrected chi connectivity index (χ4v) is 1.21. The van der Waals surface area contributed by atoms with Crippen molar-refractivity contribution in [3.63, 3.8) is 0 Å². The highest BCUT2D eigenvalue weighted by Crippen LogP contribution is 1.99. The van der Waals surface area contributed by atoms with E-state index in [-0.39, 0.29) is 6.10 Å². The molecular formula is C11H25NO2. The molecule has 0 spiro atoms. The molecule has 0 fully saturated rings. The molecule has 0 heterocycles. The van der Waals surface area contributed by atoms with E-state index in [1.54, 1.807) is 7.11 Å². The van der Waals surface area contributed by atoms with Crippen LogP contribution in [0.2, 0.25) is 0 Å². The van der Waals surface area contributed by atoms with Crippen LogP contribution in [0.4, 0.5) is 0 Å². The summed E-state index contributed by atoms with van der Waals surface area (Å²) in [7, 11) is 1.74. The third kappa shape index (κ3) is 6.35. The van der Waals surface area contributed by atoms with Crippen LogP contribution in [0.3, 0.4) is 0 Å². The summed E-state index contributed by atoms with van der Waals surface area (Å²) in [5.74, 6) is 0. The molecule has 0 aromatic rings. The van der Waals surface area contributed by atoms with Crippen LogP contribution >= 0.6 is 0 Å². The number of ether oxygens (including phenoxy) is 2. The molecule has 0 aliphatic heterocycles. The number of methoxy groups -OCH3 is 1. The summed E-state index contributed by atoms with van der Waals surface area (Å²) in [6, 6.07) is 0.312. The normalized spacial score (nSPS) is 15.4. The zero-order valence-corrected chi connectivity index (χ0v) is 10.0. The molecule has 0 saturated carbocycles. The van der Waals surface area contributed by atoms with Crippen LogP contribution < -0.4 is 5.32 Å². The van der Waals surface area contributed by atoms with E-state index in [9.17, 15) is 0 Å². The topological polar surface area (TPSA) is 30.5 Å². The maximum absolute atomic E-state index is 5.52. The molecule has 14 heavy (non-hydrogen) atoms. The van der Waals surface area contributed by atoms with Gasteiger partial charge in [0.05, 0.1) is 18.8 Å². The average Bonchev–Trinajstić information content (AvgIpc) is 2.22. The molecule has 0 aliphatic carbocycles. The maximum Gasteiger partial charge on any atom is 0.0718 e. The van der Waals surface area contributed by atoms with Crippen LogP contribution in [-0.2, 0) is 9.47 Å². The van der Waals surface area contributed by atoms with Gasteiger partial charge in [0.15, 0.2) is 0 Å². The first kappa shape index (κ1) is 13.9. The van der Waals surface area contributed by atoms with Gasteiger partial charge in [-0.15, -0.1) is 0 Å². The number of rotatable bonds is 9. The van der Waals surface area contributed by atoms with Crippen LogP contribution in [0.25, 0.3) is 0 Å². The van der Waals surface area contributed by atoms with E-state index in [4.69, 9.17) is 9.47 Å². The molecule has 3 nitrogen and oxygen atoms in total. The molecule has 2 unspecified atom stereocenters. The van der Waals surface area contributed by atoms with Gasteiger partial charge in [-0.2, -0.15) is 0 Å². The largest absolute Gasteiger partial charge is 0.380 e. The molecule has 86 valence electrons. The van der Waals surface area contributed by atoms with Crippen LogP contribution in [0.15, 0.2) is 0 Å². The van der Waals surface area contributed by atoms with Gasteiger partial charge < -0.3 is 14.8 Å². The van der Waals surface area contributed by atoms with Crippen LogP contribution in [-0.4, -0.2) is 39.0 Å². The van der Waals surface area contributed by atoms with Gasteiger partial charge in [-0.1, -0.05) is 13.8 Å². The Morgan fingerprint density at radius 1 is 1.21 bits per heavy atom. The Kier molecular flexibility index (Phi) is 9.35. The van der Waals surface area contributed by atoms with Crippen molar-refractivity contribution >= 4 is 0 Å². The number of hydrogen-bond acceptors (Lipinski definition) is 3. The predicted molar refractivity (Wildman–Crippen MR) is 59.7 cm³/mol. The zero-order chi connectivity index (χ0) is 10.8. The van der Waals surface area contributed by atoms with E-state index in [0.29, 0.717) is 6.04 Å². The van der Waals surface area contributed by atoms with Crippen molar-refractivity contribution in [3.05, 3.63) is 0 Å². The number of nitrogens with one attached hydrogen (secondary N) is 1. The predicted octanol–water partition coefficient (Wildman–Crippen LogP) is 1.82. The zero-order valence-electron chi connectivity index (χ0n) is 10.0. The van der Waals surface area contributed by atoms with E-state index < -0.39 is 0 Å². The molecule has 0 saturated heterocycles. The van der Waals surface area contributed by atoms with E-state index in [2.05, 4.69) is 26.1 Å². The molecule has 0 amide bonds. The van der Waals surface area contributed by atoms with Crippen molar-refractivity contribution in [1.82, 2.24) is 5.32 Å². The Labute approximate surface area is 88.2 Å². The summed E-state index contributed by atoms with van der Waals surface area (Å²) in [6.45, 7) is 8.95. The third-order valence-electron chi connectivity index (χ3n) is 2.24. The summed E-state index contributed by atoms with van der Waals surface area (Å²) in [5.41, 5.74) is 0. The third-order valence-corrected chi connectivity index (χ3v) is 2.24. The van der Waals surface area contributed by atoms with Gasteiger partial charge in [0.25, 0.3) is 0 Å². The Morgan fingerprint density at radius 3 is 2.43 bits per heavy atom. The minimum absolute atomic E-state index is 0.207. The van der Waals surface area contributed by atoms with Crippen LogP contribution in [0.5, 0.6) is 0 Å². The van der Waals surface area contributed by atoms with E-state index in [1.165, 1.54) is 0 Å². The van der Waals surface area contributed by atoms with Gasteiger partial charge in [-0.25, -0.2) is 0 Å². The van der Waals surface area contributed by atoms with Gasteiger partial charge in [-0.05, 0) is 26.3 Å². The van der Waals surface area contributed by atoms with Gasteiger partial charge in [-0.3, -0.25) is 0 Å². The summed E-state index contributed by atoms with van der Waals surface area (Å²) < 4.78 is 10.8. The highest BCUT2D eigenvalue weighted by molar-refractivity contribution is 4.72. The highest BCUT2D eigenvalue weighted by atomic mass is 16.5. The minimum Gasteiger partial charge on any atom is -0.380 e. The average molecular weight is 203 g/mol. The lowest BCUT2D eigenvalue weighted by atomic mass is 10.2. The van der Waals surface area contributed by atoms with Crippen LogP contribution in [0.1, 0.15) is 33.6 Å². The Balaban J connectivity index is 3.72. The molecule has 0 bridgehead atoms. The smallest absolute Gasteiger partial charge is 0.0718 e. The fraction of sp³-hybridized carbons (Fsp3) is 1.00. The van der Waals surface area contributed by atoms with Crippen molar-refractivity contribution in [2.45, 2.75) is 45.8 Å². The first-order valence-electron chi connectivity index (χ1n) is 5.60. The first-order valence-corrected chi connectivity index (χ1v) is 5.60. The molecule has 0 radical (unpaired) electrons. The molecule has 0 aliphatic rings. The van der Waals surface area contributed by atoms with Crippen molar-refractivity contribution in [2.24, 2.45) is 0 Å². The molecule has 0 aromatic heterocycles. The monoisotopic (exact) mass is 203 g/mol. The standard InChI is InChI=1S/C11H25NO2/c1-5-7-12-11(10(3)13-4)9-14-8-6-2/h10-12H,5-9H2,1-4H3. The SMILES string of the molecule is CCCNC(COCCC)C(C)OC. The first-order chi connectivity index (χ1) is 6.76. The van der Waals surface area contributed by atoms with E-state index >= 15 is 0 Å². The van der Waals surface area contributed by atoms with Gasteiger partial charge >= 0.3 is 0 Å². The number of hydrogen-bond donors (Lipinski definition) is 1. The Morgan fingerprint density at radius 2 is 1.93 bits per heavy atom. The maximum atomic E-state index is 5.52. The summed E-state index contributed by atoms with van der Waals surface area (Å²) in [5, 5.41) is 3.43. The lowest BCUT2D eigenvalue weighted by Gasteiger charge is -2.23. The van der Waals surface area contributed by atoms with Gasteiger partial charge in [0.2, 0.25) is 0 Å². The van der Waals surface area contributed by atoms with Crippen molar-refractivity contribution in [2.75, 3.05) is 26.9 Å². The van der Waals surface area contributed by atoms with Crippen molar-refractivity contribution < 1.29 is 9.47 Å². The van der Waals surface area contributed by atoms with Gasteiger partial charge in [0, 0.05) is 13.7 Å². The lowest BCUT2D eigenvalue weighted by Crippen LogP contribution is -2.43. The minimum atomic E-state index is 0.207. The molecule has 2 atom stereocenters. The fourth-order valence-electron chi connectivity index (χ4n) is 1.21. The van der Waals surface area contributed by atoms with Crippen molar-refractivity contribution in [3.8, 4) is 0 Å². The second-order valence-corrected chi connectivity index (χ2v) is 3.58. The molecule has 1 N–H and O–H groups in total. The second-order valence-electron chi connectivity index (χ2n) is 3.58. The molecule has 3 heteroatoms. The van der Waals surface area contributed by atoms with Gasteiger partial charge in [0.1, 0.15) is 0 Å². The van der Waals surface area contributed by atoms with E-state index in [1.807, 2.05) is 0 Å². The molecule has 0 rings (SSSR count). The summed E-state index contributed by atoms with van der Waals surface area (Å²) >= 11 is 0. The Bertz CT molecular complexity index is 120. The molecule has 0 aromatic carbocycles. The second kappa shape index (κ2) is 9.44. The summed E-state index contributed by atoms with van der Waals surface area (Å²) in [4.78, 5) is 0. The Hall–Kier alpha value is -0.120. The summed E-state index contributed by atoms with van der Waals surface area (Å²) in [6.07, 6.45) is 2.42. The van der Waals surface area contributed by atoms with Crippen molar-refractivity contribution in [1.29, 1.82) is 0 Å². The van der Waals surface area contributed by atoms with E-state index in [0.717, 1.165) is 32.6 Å². The quantitative estimate of drug-likeness (QED) is 0.580. The highest BCUT2D eigenvalue weighted by Gasteiger charge is 2.15. The molecular weight excluding hydrogens is 178 g/mol. The lowest BCUT2D eigenvalue weighted by molar-refractivity contribution is 0.0308. The van der Waals surface area contributed by atoms with Crippen LogP contribution in [0, 0.1) is 0 Å².